The number of phosphoric ester groups is 1. The Morgan fingerprint density at radius 1 is 0.508 bits per heavy atom. The van der Waals surface area contributed by atoms with Crippen molar-refractivity contribution in [3.8, 4) is 0 Å². The van der Waals surface area contributed by atoms with Gasteiger partial charge in [-0.3, -0.25) is 18.6 Å². The van der Waals surface area contributed by atoms with Crippen LogP contribution in [0.1, 0.15) is 168 Å². The standard InChI is InChI=1S/C52H86NO9P/c1-3-5-7-9-11-13-15-17-19-21-23-24-25-26-27-28-30-32-34-36-38-40-42-44-51(54)62-49(47-60-63(57,58)61-48-50(53)52(55)56)46-59-45-43-41-39-37-35-33-31-29-22-20-18-16-14-12-10-8-6-4-2/h5-8,11-14,17-20,23-24,29,31,35,37,49-50H,3-4,9-10,15-16,21-22,25-28,30,32-34,36,38-48,53H2,1-2H3,(H,55,56)(H,57,58)/b7-5-,8-6-,13-11-,14-12-,19-17-,20-18-,24-23-,31-29-,37-35-. The maximum atomic E-state index is 12.7. The topological polar surface area (TPSA) is 155 Å². The predicted molar refractivity (Wildman–Crippen MR) is 262 cm³/mol. The van der Waals surface area contributed by atoms with E-state index in [9.17, 15) is 19.0 Å². The first-order valence-corrected chi connectivity index (χ1v) is 25.4. The molecule has 0 aliphatic heterocycles. The fourth-order valence-electron chi connectivity index (χ4n) is 5.91. The van der Waals surface area contributed by atoms with Crippen molar-refractivity contribution in [2.45, 2.75) is 180 Å². The Hall–Kier alpha value is -3.37. The lowest BCUT2D eigenvalue weighted by atomic mass is 10.0. The minimum atomic E-state index is -4.64. The number of hydrogen-bond donors (Lipinski definition) is 3. The molecule has 0 radical (unpaired) electrons. The van der Waals surface area contributed by atoms with Gasteiger partial charge in [0.15, 0.2) is 0 Å². The summed E-state index contributed by atoms with van der Waals surface area (Å²) in [6, 6.07) is -1.49. The van der Waals surface area contributed by atoms with Crippen molar-refractivity contribution in [1.82, 2.24) is 0 Å². The number of carbonyl (C=O) groups excluding carboxylic acids is 1. The summed E-state index contributed by atoms with van der Waals surface area (Å²) >= 11 is 0. The summed E-state index contributed by atoms with van der Waals surface area (Å²) < 4.78 is 33.4. The maximum absolute atomic E-state index is 12.7. The first kappa shape index (κ1) is 59.6. The third-order valence-corrected chi connectivity index (χ3v) is 10.5. The number of aliphatic carboxylic acids is 1. The number of carboxylic acid groups (broad SMARTS) is 1. The molecule has 0 aromatic heterocycles. The van der Waals surface area contributed by atoms with E-state index < -0.39 is 45.1 Å². The van der Waals surface area contributed by atoms with Crippen molar-refractivity contribution in [1.29, 1.82) is 0 Å². The van der Waals surface area contributed by atoms with Crippen LogP contribution in [0.2, 0.25) is 0 Å². The van der Waals surface area contributed by atoms with Gasteiger partial charge in [0.2, 0.25) is 0 Å². The normalized spacial score (nSPS) is 14.7. The van der Waals surface area contributed by atoms with Crippen LogP contribution < -0.4 is 5.73 Å². The summed E-state index contributed by atoms with van der Waals surface area (Å²) in [5, 5.41) is 8.92. The van der Waals surface area contributed by atoms with Gasteiger partial charge in [-0.15, -0.1) is 0 Å². The number of allylic oxidation sites excluding steroid dienone is 18. The van der Waals surface area contributed by atoms with E-state index in [-0.39, 0.29) is 13.0 Å². The molecule has 0 fully saturated rings. The van der Waals surface area contributed by atoms with Crippen LogP contribution in [-0.4, -0.2) is 60.5 Å². The number of carbonyl (C=O) groups is 2. The minimum absolute atomic E-state index is 0.0213. The lowest BCUT2D eigenvalue weighted by molar-refractivity contribution is -0.154. The van der Waals surface area contributed by atoms with Gasteiger partial charge < -0.3 is 25.2 Å². The highest BCUT2D eigenvalue weighted by Gasteiger charge is 2.27. The molecule has 0 aliphatic rings. The zero-order chi connectivity index (χ0) is 46.2. The molecule has 63 heavy (non-hydrogen) atoms. The van der Waals surface area contributed by atoms with Gasteiger partial charge in [0.1, 0.15) is 12.1 Å². The molecule has 0 aromatic carbocycles. The predicted octanol–water partition coefficient (Wildman–Crippen LogP) is 13.9. The first-order valence-electron chi connectivity index (χ1n) is 23.9. The molecule has 0 saturated heterocycles. The number of carboxylic acids is 1. The summed E-state index contributed by atoms with van der Waals surface area (Å²) in [5.74, 6) is -1.81. The Kier molecular flexibility index (Phi) is 44.1. The molecule has 0 bridgehead atoms. The fourth-order valence-corrected chi connectivity index (χ4v) is 6.69. The minimum Gasteiger partial charge on any atom is -0.480 e. The van der Waals surface area contributed by atoms with Gasteiger partial charge in [-0.2, -0.15) is 0 Å². The van der Waals surface area contributed by atoms with Crippen LogP contribution in [0.15, 0.2) is 109 Å². The van der Waals surface area contributed by atoms with Gasteiger partial charge in [0.25, 0.3) is 0 Å². The average Bonchev–Trinajstić information content (AvgIpc) is 3.26. The van der Waals surface area contributed by atoms with Crippen molar-refractivity contribution < 1.29 is 42.7 Å². The highest BCUT2D eigenvalue weighted by atomic mass is 31.2. The van der Waals surface area contributed by atoms with Gasteiger partial charge in [-0.05, 0) is 96.3 Å². The van der Waals surface area contributed by atoms with Crippen LogP contribution in [-0.2, 0) is 32.7 Å². The zero-order valence-corrected chi connectivity index (χ0v) is 40.0. The molecule has 0 aliphatic carbocycles. The summed E-state index contributed by atoms with van der Waals surface area (Å²) in [6.45, 7) is 3.53. The zero-order valence-electron chi connectivity index (χ0n) is 39.1. The van der Waals surface area contributed by atoms with E-state index in [1.54, 1.807) is 0 Å². The van der Waals surface area contributed by atoms with E-state index >= 15 is 0 Å². The Balaban J connectivity index is 4.27. The highest BCUT2D eigenvalue weighted by Crippen LogP contribution is 2.43. The van der Waals surface area contributed by atoms with Crippen LogP contribution in [0.25, 0.3) is 0 Å². The van der Waals surface area contributed by atoms with Crippen molar-refractivity contribution in [2.24, 2.45) is 5.73 Å². The Bertz CT molecular complexity index is 1410. The molecule has 4 N–H and O–H groups in total. The Morgan fingerprint density at radius 2 is 0.873 bits per heavy atom. The van der Waals surface area contributed by atoms with Crippen molar-refractivity contribution in [2.75, 3.05) is 26.4 Å². The Morgan fingerprint density at radius 3 is 1.30 bits per heavy atom. The molecule has 11 heteroatoms. The lowest BCUT2D eigenvalue weighted by Crippen LogP contribution is -2.34. The fraction of sp³-hybridized carbons (Fsp3) is 0.615. The first-order chi connectivity index (χ1) is 30.7. The summed E-state index contributed by atoms with van der Waals surface area (Å²) in [4.78, 5) is 33.7. The summed E-state index contributed by atoms with van der Waals surface area (Å²) in [5.41, 5.74) is 5.36. The number of hydrogen-bond acceptors (Lipinski definition) is 8. The molecule has 3 unspecified atom stereocenters. The smallest absolute Gasteiger partial charge is 0.472 e. The highest BCUT2D eigenvalue weighted by molar-refractivity contribution is 7.47. The molecule has 0 aromatic rings. The SMILES string of the molecule is CC/C=C\C/C=C\C/C=C\C/C=C\C/C=C\CCCCOCC(COP(=O)(O)OCC(N)C(=O)O)OC(=O)CCCCCCCCCCCC/C=C\C/C=C\C/C=C\C/C=C\CC. The maximum Gasteiger partial charge on any atom is 0.472 e. The van der Waals surface area contributed by atoms with Gasteiger partial charge >= 0.3 is 19.8 Å². The second kappa shape index (κ2) is 46.6. The van der Waals surface area contributed by atoms with Gasteiger partial charge in [-0.25, -0.2) is 4.57 Å². The molecule has 0 rings (SSSR count). The monoisotopic (exact) mass is 900 g/mol. The van der Waals surface area contributed by atoms with Gasteiger partial charge in [0, 0.05) is 13.0 Å². The van der Waals surface area contributed by atoms with E-state index in [4.69, 9.17) is 29.4 Å². The number of unbranched alkanes of at least 4 members (excludes halogenated alkanes) is 12. The average molecular weight is 900 g/mol. The molecular formula is C52H86NO9P. The third kappa shape index (κ3) is 46.4. The second-order valence-corrected chi connectivity index (χ2v) is 16.9. The molecule has 0 spiro atoms. The van der Waals surface area contributed by atoms with E-state index in [0.29, 0.717) is 13.0 Å². The van der Waals surface area contributed by atoms with Gasteiger partial charge in [-0.1, -0.05) is 175 Å². The van der Waals surface area contributed by atoms with Crippen LogP contribution in [0.3, 0.4) is 0 Å². The molecule has 3 atom stereocenters. The summed E-state index contributed by atoms with van der Waals surface area (Å²) in [7, 11) is -4.64. The Labute approximate surface area is 382 Å². The molecule has 358 valence electrons. The van der Waals surface area contributed by atoms with E-state index in [0.717, 1.165) is 103 Å². The molecule has 0 amide bonds. The number of rotatable bonds is 44. The van der Waals surface area contributed by atoms with Crippen LogP contribution in [0.4, 0.5) is 0 Å². The van der Waals surface area contributed by atoms with Crippen LogP contribution >= 0.6 is 7.82 Å². The number of esters is 1. The largest absolute Gasteiger partial charge is 0.480 e. The van der Waals surface area contributed by atoms with Crippen molar-refractivity contribution in [3.05, 3.63) is 109 Å². The molecule has 10 nitrogen and oxygen atoms in total. The van der Waals surface area contributed by atoms with Gasteiger partial charge in [0.05, 0.1) is 19.8 Å². The van der Waals surface area contributed by atoms with E-state index in [1.807, 2.05) is 0 Å². The lowest BCUT2D eigenvalue weighted by Gasteiger charge is -2.20. The quantitative estimate of drug-likeness (QED) is 0.0233. The van der Waals surface area contributed by atoms with Crippen molar-refractivity contribution in [3.63, 3.8) is 0 Å². The summed E-state index contributed by atoms with van der Waals surface area (Å²) in [6.07, 6.45) is 62.9. The molecular weight excluding hydrogens is 814 g/mol. The van der Waals surface area contributed by atoms with E-state index in [2.05, 4.69) is 123 Å². The third-order valence-electron chi connectivity index (χ3n) is 9.55. The molecule has 0 saturated carbocycles. The van der Waals surface area contributed by atoms with Crippen molar-refractivity contribution >= 4 is 19.8 Å². The number of nitrogens with two attached hydrogens (primary N) is 1. The number of phosphoric acid groups is 1. The second-order valence-electron chi connectivity index (χ2n) is 15.5. The number of ether oxygens (including phenoxy) is 2. The molecule has 0 heterocycles. The van der Waals surface area contributed by atoms with Crippen LogP contribution in [0, 0.1) is 0 Å². The van der Waals surface area contributed by atoms with E-state index in [1.165, 1.54) is 38.5 Å². The van der Waals surface area contributed by atoms with Crippen LogP contribution in [0.5, 0.6) is 0 Å².